The topological polar surface area (TPSA) is 92.3 Å². The first-order valence-corrected chi connectivity index (χ1v) is 9.47. The second kappa shape index (κ2) is 9.09. The van der Waals surface area contributed by atoms with Crippen LogP contribution in [0.1, 0.15) is 31.1 Å². The van der Waals surface area contributed by atoms with Gasteiger partial charge in [0.15, 0.2) is 0 Å². The molecule has 0 unspecified atom stereocenters. The molecule has 30 heavy (non-hydrogen) atoms. The molecule has 0 saturated heterocycles. The largest absolute Gasteiger partial charge is 0.444 e. The predicted molar refractivity (Wildman–Crippen MR) is 118 cm³/mol. The highest BCUT2D eigenvalue weighted by molar-refractivity contribution is 6.05. The van der Waals surface area contributed by atoms with Crippen molar-refractivity contribution >= 4 is 34.7 Å². The molecule has 2 aromatic carbocycles. The number of nitrogens with zero attached hydrogens (tertiary/aromatic N) is 1. The molecule has 0 radical (unpaired) electrons. The van der Waals surface area contributed by atoms with E-state index < -0.39 is 11.7 Å². The SMILES string of the molecule is CC(C)(C)OC(=O)Nc1cccc(C(=O)Nc2ccc(Nc3ccncc3)cc2)c1. The molecule has 0 aliphatic heterocycles. The van der Waals surface area contributed by atoms with Crippen LogP contribution in [-0.4, -0.2) is 22.6 Å². The molecule has 0 fully saturated rings. The Morgan fingerprint density at radius 2 is 1.43 bits per heavy atom. The van der Waals surface area contributed by atoms with Crippen molar-refractivity contribution in [1.29, 1.82) is 0 Å². The van der Waals surface area contributed by atoms with Gasteiger partial charge in [0, 0.05) is 40.7 Å². The maximum absolute atomic E-state index is 12.6. The lowest BCUT2D eigenvalue weighted by Gasteiger charge is -2.19. The molecule has 0 atom stereocenters. The van der Waals surface area contributed by atoms with E-state index in [0.717, 1.165) is 11.4 Å². The van der Waals surface area contributed by atoms with Crippen LogP contribution >= 0.6 is 0 Å². The summed E-state index contributed by atoms with van der Waals surface area (Å²) in [7, 11) is 0. The van der Waals surface area contributed by atoms with E-state index >= 15 is 0 Å². The Hall–Kier alpha value is -3.87. The summed E-state index contributed by atoms with van der Waals surface area (Å²) in [6.07, 6.45) is 2.85. The monoisotopic (exact) mass is 404 g/mol. The van der Waals surface area contributed by atoms with E-state index in [1.54, 1.807) is 57.4 Å². The molecule has 1 aromatic heterocycles. The summed E-state index contributed by atoms with van der Waals surface area (Å²) in [5, 5.41) is 8.73. The van der Waals surface area contributed by atoms with Gasteiger partial charge in [-0.3, -0.25) is 15.1 Å². The summed E-state index contributed by atoms with van der Waals surface area (Å²) in [6, 6.07) is 17.8. The van der Waals surface area contributed by atoms with Gasteiger partial charge < -0.3 is 15.4 Å². The first-order chi connectivity index (χ1) is 14.3. The number of benzene rings is 2. The Morgan fingerprint density at radius 3 is 2.10 bits per heavy atom. The molecule has 3 aromatic rings. The fraction of sp³-hybridized carbons (Fsp3) is 0.174. The van der Waals surface area contributed by atoms with Crippen LogP contribution < -0.4 is 16.0 Å². The van der Waals surface area contributed by atoms with Crippen LogP contribution in [0.15, 0.2) is 73.1 Å². The van der Waals surface area contributed by atoms with Crippen LogP contribution in [0.25, 0.3) is 0 Å². The fourth-order valence-electron chi connectivity index (χ4n) is 2.60. The van der Waals surface area contributed by atoms with Crippen molar-refractivity contribution in [2.24, 2.45) is 0 Å². The van der Waals surface area contributed by atoms with Gasteiger partial charge >= 0.3 is 6.09 Å². The molecule has 0 bridgehead atoms. The van der Waals surface area contributed by atoms with Gasteiger partial charge in [-0.25, -0.2) is 4.79 Å². The van der Waals surface area contributed by atoms with Gasteiger partial charge in [0.1, 0.15) is 5.60 Å². The number of amides is 2. The van der Waals surface area contributed by atoms with Crippen molar-refractivity contribution in [2.45, 2.75) is 26.4 Å². The third kappa shape index (κ3) is 6.34. The first-order valence-electron chi connectivity index (χ1n) is 9.47. The molecular formula is C23H24N4O3. The van der Waals surface area contributed by atoms with E-state index in [4.69, 9.17) is 4.74 Å². The number of ether oxygens (including phenoxy) is 1. The van der Waals surface area contributed by atoms with Gasteiger partial charge in [-0.15, -0.1) is 0 Å². The van der Waals surface area contributed by atoms with Gasteiger partial charge in [-0.2, -0.15) is 0 Å². The Morgan fingerprint density at radius 1 is 0.800 bits per heavy atom. The van der Waals surface area contributed by atoms with Crippen LogP contribution in [0.4, 0.5) is 27.5 Å². The van der Waals surface area contributed by atoms with Gasteiger partial charge in [-0.1, -0.05) is 6.07 Å². The third-order valence-corrected chi connectivity index (χ3v) is 3.88. The predicted octanol–water partition coefficient (Wildman–Crippen LogP) is 5.42. The number of nitrogens with one attached hydrogen (secondary N) is 3. The molecule has 154 valence electrons. The van der Waals surface area contributed by atoms with Crippen LogP contribution in [0, 0.1) is 0 Å². The maximum atomic E-state index is 12.6. The zero-order valence-electron chi connectivity index (χ0n) is 17.1. The lowest BCUT2D eigenvalue weighted by Crippen LogP contribution is -2.27. The zero-order chi connectivity index (χ0) is 21.6. The summed E-state index contributed by atoms with van der Waals surface area (Å²) in [5.41, 5.74) is 2.78. The molecule has 1 heterocycles. The smallest absolute Gasteiger partial charge is 0.412 e. The van der Waals surface area contributed by atoms with Crippen LogP contribution in [0.3, 0.4) is 0 Å². The molecule has 0 spiro atoms. The number of carbonyl (C=O) groups excluding carboxylic acids is 2. The maximum Gasteiger partial charge on any atom is 0.412 e. The van der Waals surface area contributed by atoms with Gasteiger partial charge in [-0.05, 0) is 75.4 Å². The minimum absolute atomic E-state index is 0.280. The summed E-state index contributed by atoms with van der Waals surface area (Å²) >= 11 is 0. The van der Waals surface area contributed by atoms with Crippen molar-refractivity contribution in [2.75, 3.05) is 16.0 Å². The van der Waals surface area contributed by atoms with Gasteiger partial charge in [0.25, 0.3) is 5.91 Å². The molecule has 0 aliphatic carbocycles. The normalized spacial score (nSPS) is 10.8. The lowest BCUT2D eigenvalue weighted by molar-refractivity contribution is 0.0635. The van der Waals surface area contributed by atoms with Crippen LogP contribution in [0.5, 0.6) is 0 Å². The Bertz CT molecular complexity index is 1010. The van der Waals surface area contributed by atoms with E-state index in [9.17, 15) is 9.59 Å². The Labute approximate surface area is 175 Å². The number of hydrogen-bond donors (Lipinski definition) is 3. The zero-order valence-corrected chi connectivity index (χ0v) is 17.1. The second-order valence-electron chi connectivity index (χ2n) is 7.60. The molecule has 7 nitrogen and oxygen atoms in total. The number of carbonyl (C=O) groups is 2. The highest BCUT2D eigenvalue weighted by atomic mass is 16.6. The second-order valence-corrected chi connectivity index (χ2v) is 7.60. The molecule has 7 heteroatoms. The third-order valence-electron chi connectivity index (χ3n) is 3.88. The van der Waals surface area contributed by atoms with E-state index in [1.165, 1.54) is 0 Å². The van der Waals surface area contributed by atoms with Crippen LogP contribution in [-0.2, 0) is 4.74 Å². The summed E-state index contributed by atoms with van der Waals surface area (Å²) in [6.45, 7) is 5.36. The molecule has 3 N–H and O–H groups in total. The quantitative estimate of drug-likeness (QED) is 0.528. The molecule has 0 aliphatic rings. The minimum atomic E-state index is -0.600. The first kappa shape index (κ1) is 20.9. The van der Waals surface area contributed by atoms with Crippen molar-refractivity contribution < 1.29 is 14.3 Å². The number of aromatic nitrogens is 1. The molecule has 0 saturated carbocycles. The number of hydrogen-bond acceptors (Lipinski definition) is 5. The van der Waals surface area contributed by atoms with Crippen molar-refractivity contribution in [3.63, 3.8) is 0 Å². The molecular weight excluding hydrogens is 380 g/mol. The molecule has 2 amide bonds. The fourth-order valence-corrected chi connectivity index (χ4v) is 2.60. The number of anilines is 4. The highest BCUT2D eigenvalue weighted by Crippen LogP contribution is 2.20. The number of rotatable bonds is 5. The highest BCUT2D eigenvalue weighted by Gasteiger charge is 2.16. The van der Waals surface area contributed by atoms with Crippen molar-refractivity contribution in [1.82, 2.24) is 4.98 Å². The Kier molecular flexibility index (Phi) is 6.32. The van der Waals surface area contributed by atoms with Crippen LogP contribution in [0.2, 0.25) is 0 Å². The molecule has 3 rings (SSSR count). The lowest BCUT2D eigenvalue weighted by atomic mass is 10.1. The standard InChI is InChI=1S/C23H24N4O3/c1-23(2,3)30-22(29)27-20-6-4-5-16(15-20)21(28)26-18-9-7-17(8-10-18)25-19-11-13-24-14-12-19/h4-15H,1-3H3,(H,24,25)(H,26,28)(H,27,29). The van der Waals surface area contributed by atoms with Gasteiger partial charge in [0.05, 0.1) is 0 Å². The van der Waals surface area contributed by atoms with Crippen molar-refractivity contribution in [3.8, 4) is 0 Å². The van der Waals surface area contributed by atoms with E-state index in [-0.39, 0.29) is 5.91 Å². The summed E-state index contributed by atoms with van der Waals surface area (Å²) in [4.78, 5) is 28.5. The summed E-state index contributed by atoms with van der Waals surface area (Å²) in [5.74, 6) is -0.280. The average Bonchev–Trinajstić information content (AvgIpc) is 2.69. The van der Waals surface area contributed by atoms with E-state index in [1.807, 2.05) is 36.4 Å². The van der Waals surface area contributed by atoms with E-state index in [2.05, 4.69) is 20.9 Å². The van der Waals surface area contributed by atoms with Crippen molar-refractivity contribution in [3.05, 3.63) is 78.6 Å². The average molecular weight is 404 g/mol. The van der Waals surface area contributed by atoms with E-state index in [0.29, 0.717) is 16.9 Å². The minimum Gasteiger partial charge on any atom is -0.444 e. The summed E-state index contributed by atoms with van der Waals surface area (Å²) < 4.78 is 5.23. The number of pyridine rings is 1. The van der Waals surface area contributed by atoms with Gasteiger partial charge in [0.2, 0.25) is 0 Å². The Balaban J connectivity index is 1.61.